The molecule has 3 atom stereocenters. The van der Waals surface area contributed by atoms with Crippen LogP contribution in [0.2, 0.25) is 0 Å². The zero-order valence-electron chi connectivity index (χ0n) is 22.5. The first-order chi connectivity index (χ1) is 18.7. The van der Waals surface area contributed by atoms with Crippen molar-refractivity contribution in [2.45, 2.75) is 45.1 Å². The number of hydrogen-bond donors (Lipinski definition) is 2. The minimum atomic E-state index is -1.08. The predicted octanol–water partition coefficient (Wildman–Crippen LogP) is 5.89. The smallest absolute Gasteiger partial charge is 0.410 e. The Morgan fingerprint density at radius 3 is 2.03 bits per heavy atom. The van der Waals surface area contributed by atoms with Gasteiger partial charge in [0.05, 0.1) is 12.0 Å². The number of benzene rings is 3. The summed E-state index contributed by atoms with van der Waals surface area (Å²) in [5, 5.41) is 19.3. The van der Waals surface area contributed by atoms with Crippen LogP contribution >= 0.6 is 0 Å². The van der Waals surface area contributed by atoms with E-state index in [1.54, 1.807) is 19.2 Å². The molecule has 204 valence electrons. The molecule has 0 unspecified atom stereocenters. The third kappa shape index (κ3) is 6.14. The molecule has 2 N–H and O–H groups in total. The highest BCUT2D eigenvalue weighted by Gasteiger charge is 2.36. The molecule has 0 heterocycles. The number of ether oxygens (including phenoxy) is 1. The summed E-state index contributed by atoms with van der Waals surface area (Å²) >= 11 is 0. The van der Waals surface area contributed by atoms with E-state index in [9.17, 15) is 24.6 Å². The number of phenolic OH excluding ortho intramolecular Hbond substituents is 1. The van der Waals surface area contributed by atoms with Crippen LogP contribution in [0.25, 0.3) is 11.1 Å². The number of likely N-dealkylation sites (N-methyl/N-ethyl adjacent to an activating group) is 1. The van der Waals surface area contributed by atoms with Gasteiger partial charge in [0.1, 0.15) is 12.4 Å². The summed E-state index contributed by atoms with van der Waals surface area (Å²) in [6, 6.07) is 21.6. The van der Waals surface area contributed by atoms with E-state index >= 15 is 0 Å². The normalized spacial score (nSPS) is 14.5. The molecular weight excluding hydrogens is 494 g/mol. The molecule has 0 saturated heterocycles. The molecule has 4 rings (SSSR count). The van der Waals surface area contributed by atoms with E-state index in [-0.39, 0.29) is 42.8 Å². The number of Topliss-reactive ketones (excluding diaryl/α,β-unsaturated/α-hetero) is 1. The van der Waals surface area contributed by atoms with Crippen molar-refractivity contribution >= 4 is 17.8 Å². The Balaban J connectivity index is 1.46. The fourth-order valence-electron chi connectivity index (χ4n) is 5.47. The van der Waals surface area contributed by atoms with E-state index in [2.05, 4.69) is 12.1 Å². The van der Waals surface area contributed by atoms with Crippen LogP contribution in [-0.4, -0.2) is 52.7 Å². The van der Waals surface area contributed by atoms with Gasteiger partial charge in [-0.2, -0.15) is 0 Å². The van der Waals surface area contributed by atoms with Crippen molar-refractivity contribution < 1.29 is 29.3 Å². The van der Waals surface area contributed by atoms with E-state index in [1.807, 2.05) is 50.2 Å². The standard InChI is InChI=1S/C32H35NO6/c1-4-20(2)30(29(35)18-22(31(36)37)17-21-13-15-23(34)16-14-21)33(3)32(38)39-19-28-26-11-7-5-9-24(26)25-10-6-8-12-27(25)28/h5-16,20,22,28,30,34H,4,17-19H2,1-3H3,(H,36,37)/t20-,22-,30-/m0/s1. The van der Waals surface area contributed by atoms with Gasteiger partial charge < -0.3 is 19.8 Å². The maximum atomic E-state index is 13.5. The lowest BCUT2D eigenvalue weighted by molar-refractivity contribution is -0.144. The second-order valence-corrected chi connectivity index (χ2v) is 10.3. The third-order valence-corrected chi connectivity index (χ3v) is 7.77. The average Bonchev–Trinajstić information content (AvgIpc) is 3.26. The van der Waals surface area contributed by atoms with Gasteiger partial charge in [0.15, 0.2) is 5.78 Å². The minimum absolute atomic E-state index is 0.0863. The molecule has 3 aromatic carbocycles. The Hall–Kier alpha value is -4.13. The molecular formula is C32H35NO6. The zero-order chi connectivity index (χ0) is 28.1. The third-order valence-electron chi connectivity index (χ3n) is 7.77. The molecule has 3 aromatic rings. The quantitative estimate of drug-likeness (QED) is 0.321. The molecule has 7 nitrogen and oxygen atoms in total. The molecule has 1 amide bonds. The summed E-state index contributed by atoms with van der Waals surface area (Å²) < 4.78 is 5.78. The number of aliphatic carboxylic acids is 1. The van der Waals surface area contributed by atoms with Gasteiger partial charge in [-0.1, -0.05) is 80.9 Å². The Bertz CT molecular complexity index is 1290. The fraction of sp³-hybridized carbons (Fsp3) is 0.344. The van der Waals surface area contributed by atoms with Crippen LogP contribution in [0, 0.1) is 11.8 Å². The number of rotatable bonds is 11. The number of phenols is 1. The number of ketones is 1. The van der Waals surface area contributed by atoms with E-state index in [0.717, 1.165) is 22.3 Å². The lowest BCUT2D eigenvalue weighted by atomic mass is 9.87. The van der Waals surface area contributed by atoms with E-state index in [1.165, 1.54) is 17.0 Å². The number of carboxylic acid groups (broad SMARTS) is 1. The van der Waals surface area contributed by atoms with Gasteiger partial charge in [0.2, 0.25) is 0 Å². The molecule has 39 heavy (non-hydrogen) atoms. The number of fused-ring (bicyclic) bond motifs is 3. The maximum Gasteiger partial charge on any atom is 0.410 e. The molecule has 1 aliphatic carbocycles. The lowest BCUT2D eigenvalue weighted by Gasteiger charge is -2.31. The van der Waals surface area contributed by atoms with Crippen LogP contribution in [0.3, 0.4) is 0 Å². The van der Waals surface area contributed by atoms with Crippen LogP contribution < -0.4 is 0 Å². The van der Waals surface area contributed by atoms with Gasteiger partial charge in [-0.3, -0.25) is 9.59 Å². The number of carbonyl (C=O) groups is 3. The molecule has 0 spiro atoms. The highest BCUT2D eigenvalue weighted by molar-refractivity contribution is 5.90. The van der Waals surface area contributed by atoms with Crippen LogP contribution in [0.15, 0.2) is 72.8 Å². The molecule has 0 bridgehead atoms. The largest absolute Gasteiger partial charge is 0.508 e. The molecule has 7 heteroatoms. The van der Waals surface area contributed by atoms with E-state index in [0.29, 0.717) is 12.0 Å². The van der Waals surface area contributed by atoms with Crippen LogP contribution in [0.1, 0.15) is 49.3 Å². The summed E-state index contributed by atoms with van der Waals surface area (Å²) in [7, 11) is 1.54. The van der Waals surface area contributed by atoms with Gasteiger partial charge in [0.25, 0.3) is 0 Å². The first kappa shape index (κ1) is 27.9. The molecule has 0 radical (unpaired) electrons. The Morgan fingerprint density at radius 1 is 0.923 bits per heavy atom. The van der Waals surface area contributed by atoms with Crippen molar-refractivity contribution in [1.29, 1.82) is 0 Å². The summed E-state index contributed by atoms with van der Waals surface area (Å²) in [6.45, 7) is 3.95. The summed E-state index contributed by atoms with van der Waals surface area (Å²) in [4.78, 5) is 40.1. The van der Waals surface area contributed by atoms with Crippen molar-refractivity contribution in [2.75, 3.05) is 13.7 Å². The first-order valence-electron chi connectivity index (χ1n) is 13.3. The molecule has 0 aromatic heterocycles. The fourth-order valence-corrected chi connectivity index (χ4v) is 5.47. The first-order valence-corrected chi connectivity index (χ1v) is 13.3. The topological polar surface area (TPSA) is 104 Å². The van der Waals surface area contributed by atoms with E-state index < -0.39 is 24.0 Å². The highest BCUT2D eigenvalue weighted by atomic mass is 16.6. The monoisotopic (exact) mass is 529 g/mol. The predicted molar refractivity (Wildman–Crippen MR) is 149 cm³/mol. The number of carboxylic acids is 1. The van der Waals surface area contributed by atoms with Crippen molar-refractivity contribution in [3.63, 3.8) is 0 Å². The summed E-state index contributed by atoms with van der Waals surface area (Å²) in [5.41, 5.74) is 5.16. The number of nitrogens with zero attached hydrogens (tertiary/aromatic N) is 1. The Morgan fingerprint density at radius 2 is 1.49 bits per heavy atom. The highest BCUT2D eigenvalue weighted by Crippen LogP contribution is 2.44. The molecule has 0 fully saturated rings. The summed E-state index contributed by atoms with van der Waals surface area (Å²) in [6.07, 6.45) is -0.0522. The van der Waals surface area contributed by atoms with Crippen molar-refractivity contribution in [3.8, 4) is 16.9 Å². The maximum absolute atomic E-state index is 13.5. The molecule has 0 aliphatic heterocycles. The van der Waals surface area contributed by atoms with Gasteiger partial charge in [-0.05, 0) is 52.3 Å². The molecule has 0 saturated carbocycles. The summed E-state index contributed by atoms with van der Waals surface area (Å²) in [5.74, 6) is -2.55. The van der Waals surface area contributed by atoms with Crippen LogP contribution in [0.4, 0.5) is 4.79 Å². The number of aromatic hydroxyl groups is 1. The van der Waals surface area contributed by atoms with Crippen LogP contribution in [-0.2, 0) is 20.7 Å². The number of hydrogen-bond acceptors (Lipinski definition) is 5. The van der Waals surface area contributed by atoms with Crippen molar-refractivity contribution in [1.82, 2.24) is 4.90 Å². The minimum Gasteiger partial charge on any atom is -0.508 e. The SMILES string of the molecule is CC[C@H](C)[C@@H](C(=O)C[C@H](Cc1ccc(O)cc1)C(=O)O)N(C)C(=O)OCC1c2ccccc2-c2ccccc21. The average molecular weight is 530 g/mol. The van der Waals surface area contributed by atoms with Crippen molar-refractivity contribution in [3.05, 3.63) is 89.5 Å². The number of amides is 1. The Labute approximate surface area is 229 Å². The van der Waals surface area contributed by atoms with Gasteiger partial charge in [-0.25, -0.2) is 4.79 Å². The van der Waals surface area contributed by atoms with Crippen molar-refractivity contribution in [2.24, 2.45) is 11.8 Å². The van der Waals surface area contributed by atoms with Gasteiger partial charge >= 0.3 is 12.1 Å². The van der Waals surface area contributed by atoms with Gasteiger partial charge in [0, 0.05) is 19.4 Å². The second-order valence-electron chi connectivity index (χ2n) is 10.3. The number of carbonyl (C=O) groups excluding carboxylic acids is 2. The zero-order valence-corrected chi connectivity index (χ0v) is 22.5. The lowest BCUT2D eigenvalue weighted by Crippen LogP contribution is -2.47. The second kappa shape index (κ2) is 12.2. The van der Waals surface area contributed by atoms with E-state index in [4.69, 9.17) is 4.74 Å². The van der Waals surface area contributed by atoms with Gasteiger partial charge in [-0.15, -0.1) is 0 Å². The Kier molecular flexibility index (Phi) is 8.69. The molecule has 1 aliphatic rings. The van der Waals surface area contributed by atoms with Crippen LogP contribution in [0.5, 0.6) is 5.75 Å².